The fraction of sp³-hybridized carbons (Fsp3) is 0.190. The van der Waals surface area contributed by atoms with Crippen molar-refractivity contribution in [2.45, 2.75) is 27.2 Å². The number of hydrogen-bond donors (Lipinski definition) is 2. The Hall–Kier alpha value is -3.41. The number of benzene rings is 2. The van der Waals surface area contributed by atoms with Crippen LogP contribution in [0.15, 0.2) is 45.6 Å². The number of carbonyl (C=O) groups excluding carboxylic acids is 2. The van der Waals surface area contributed by atoms with Crippen molar-refractivity contribution in [2.24, 2.45) is 0 Å². The fourth-order valence-corrected chi connectivity index (χ4v) is 3.04. The Kier molecular flexibility index (Phi) is 4.81. The Labute approximate surface area is 155 Å². The van der Waals surface area contributed by atoms with E-state index < -0.39 is 11.5 Å². The molecule has 6 nitrogen and oxygen atoms in total. The average Bonchev–Trinajstić information content (AvgIpc) is 2.58. The molecule has 1 heterocycles. The zero-order valence-electron chi connectivity index (χ0n) is 15.3. The second-order valence-electron chi connectivity index (χ2n) is 6.51. The Balaban J connectivity index is 1.92. The molecule has 0 aliphatic carbocycles. The Morgan fingerprint density at radius 1 is 1.15 bits per heavy atom. The Morgan fingerprint density at radius 2 is 1.89 bits per heavy atom. The molecule has 2 aromatic carbocycles. The molecule has 0 radical (unpaired) electrons. The largest absolute Gasteiger partial charge is 0.507 e. The van der Waals surface area contributed by atoms with Crippen LogP contribution in [-0.4, -0.2) is 16.8 Å². The summed E-state index contributed by atoms with van der Waals surface area (Å²) in [6, 6.07) is 9.81. The molecule has 27 heavy (non-hydrogen) atoms. The SMILES string of the molecule is CC(=O)c1cccc(NC(=O)Cc2c(C)c3c(O)cc(C)cc3oc2=O)c1. The second-order valence-corrected chi connectivity index (χ2v) is 6.51. The molecule has 2 N–H and O–H groups in total. The molecule has 1 amide bonds. The van der Waals surface area contributed by atoms with Crippen LogP contribution in [0.25, 0.3) is 11.0 Å². The number of phenolic OH excluding ortho intramolecular Hbond substituents is 1. The summed E-state index contributed by atoms with van der Waals surface area (Å²) >= 11 is 0. The number of rotatable bonds is 4. The molecule has 0 aliphatic rings. The predicted molar refractivity (Wildman–Crippen MR) is 102 cm³/mol. The highest BCUT2D eigenvalue weighted by Gasteiger charge is 2.17. The quantitative estimate of drug-likeness (QED) is 0.545. The third-order valence-electron chi connectivity index (χ3n) is 4.39. The summed E-state index contributed by atoms with van der Waals surface area (Å²) in [4.78, 5) is 36.2. The molecule has 6 heteroatoms. The number of carbonyl (C=O) groups is 2. The van der Waals surface area contributed by atoms with Crippen molar-refractivity contribution in [3.63, 3.8) is 0 Å². The van der Waals surface area contributed by atoms with Crippen molar-refractivity contribution >= 4 is 28.3 Å². The number of Topliss-reactive ketones (excluding diaryl/α,β-unsaturated/α-hetero) is 1. The van der Waals surface area contributed by atoms with Crippen molar-refractivity contribution in [1.82, 2.24) is 0 Å². The number of anilines is 1. The van der Waals surface area contributed by atoms with Gasteiger partial charge in [-0.2, -0.15) is 0 Å². The van der Waals surface area contributed by atoms with E-state index in [1.807, 2.05) is 0 Å². The van der Waals surface area contributed by atoms with Gasteiger partial charge in [0.05, 0.1) is 17.4 Å². The van der Waals surface area contributed by atoms with E-state index >= 15 is 0 Å². The van der Waals surface area contributed by atoms with Crippen molar-refractivity contribution in [3.05, 3.63) is 69.1 Å². The first-order chi connectivity index (χ1) is 12.8. The van der Waals surface area contributed by atoms with Gasteiger partial charge in [-0.3, -0.25) is 9.59 Å². The number of phenols is 1. The van der Waals surface area contributed by atoms with Crippen LogP contribution in [-0.2, 0) is 11.2 Å². The number of aryl methyl sites for hydroxylation is 2. The normalized spacial score (nSPS) is 10.8. The zero-order valence-corrected chi connectivity index (χ0v) is 15.3. The van der Waals surface area contributed by atoms with Crippen molar-refractivity contribution in [3.8, 4) is 5.75 Å². The van der Waals surface area contributed by atoms with Crippen LogP contribution in [0.3, 0.4) is 0 Å². The summed E-state index contributed by atoms with van der Waals surface area (Å²) in [5.74, 6) is -0.526. The van der Waals surface area contributed by atoms with Gasteiger partial charge in [-0.1, -0.05) is 12.1 Å². The third kappa shape index (κ3) is 3.74. The summed E-state index contributed by atoms with van der Waals surface area (Å²) in [7, 11) is 0. The molecule has 3 rings (SSSR count). The summed E-state index contributed by atoms with van der Waals surface area (Å²) in [6.45, 7) is 4.90. The van der Waals surface area contributed by atoms with Crippen LogP contribution < -0.4 is 10.9 Å². The summed E-state index contributed by atoms with van der Waals surface area (Å²) in [5.41, 5.74) is 2.07. The van der Waals surface area contributed by atoms with Gasteiger partial charge in [-0.25, -0.2) is 4.79 Å². The van der Waals surface area contributed by atoms with Gasteiger partial charge >= 0.3 is 5.63 Å². The predicted octanol–water partition coefficient (Wildman–Crippen LogP) is 3.50. The first kappa shape index (κ1) is 18.4. The first-order valence-corrected chi connectivity index (χ1v) is 8.43. The maximum absolute atomic E-state index is 12.4. The van der Waals surface area contributed by atoms with Crippen molar-refractivity contribution < 1.29 is 19.1 Å². The minimum absolute atomic E-state index is 0.00191. The van der Waals surface area contributed by atoms with Crippen LogP contribution in [0.4, 0.5) is 5.69 Å². The highest BCUT2D eigenvalue weighted by molar-refractivity contribution is 5.98. The smallest absolute Gasteiger partial charge is 0.340 e. The maximum Gasteiger partial charge on any atom is 0.340 e. The molecular formula is C21H19NO5. The molecule has 0 aliphatic heterocycles. The maximum atomic E-state index is 12.4. The standard InChI is InChI=1S/C21H19NO5/c1-11-7-17(24)20-12(2)16(21(26)27-18(20)8-11)10-19(25)22-15-6-4-5-14(9-15)13(3)23/h4-9,24H,10H2,1-3H3,(H,22,25). The molecule has 0 bridgehead atoms. The average molecular weight is 365 g/mol. The lowest BCUT2D eigenvalue weighted by molar-refractivity contribution is -0.115. The van der Waals surface area contributed by atoms with E-state index in [1.165, 1.54) is 6.92 Å². The van der Waals surface area contributed by atoms with E-state index in [0.29, 0.717) is 22.2 Å². The number of aromatic hydroxyl groups is 1. The minimum atomic E-state index is -0.613. The van der Waals surface area contributed by atoms with Gasteiger partial charge in [0.15, 0.2) is 5.78 Å². The monoisotopic (exact) mass is 365 g/mol. The van der Waals surface area contributed by atoms with Crippen LogP contribution in [0.2, 0.25) is 0 Å². The molecule has 0 atom stereocenters. The van der Waals surface area contributed by atoms with Gasteiger partial charge in [-0.05, 0) is 56.2 Å². The van der Waals surface area contributed by atoms with Gasteiger partial charge in [0.25, 0.3) is 0 Å². The molecular weight excluding hydrogens is 346 g/mol. The molecule has 0 unspecified atom stereocenters. The fourth-order valence-electron chi connectivity index (χ4n) is 3.04. The number of nitrogens with one attached hydrogen (secondary N) is 1. The lowest BCUT2D eigenvalue weighted by Gasteiger charge is -2.10. The highest BCUT2D eigenvalue weighted by atomic mass is 16.4. The van der Waals surface area contributed by atoms with Gasteiger partial charge < -0.3 is 14.8 Å². The van der Waals surface area contributed by atoms with Gasteiger partial charge in [0.1, 0.15) is 11.3 Å². The lowest BCUT2D eigenvalue weighted by atomic mass is 10.0. The molecule has 0 spiro atoms. The number of fused-ring (bicyclic) bond motifs is 1. The van der Waals surface area contributed by atoms with Crippen LogP contribution in [0.1, 0.15) is 34.0 Å². The van der Waals surface area contributed by atoms with Gasteiger partial charge in [0, 0.05) is 11.3 Å². The van der Waals surface area contributed by atoms with E-state index in [2.05, 4.69) is 5.32 Å². The topological polar surface area (TPSA) is 96.6 Å². The summed E-state index contributed by atoms with van der Waals surface area (Å²) in [5, 5.41) is 13.3. The Bertz CT molecular complexity index is 1130. The number of hydrogen-bond acceptors (Lipinski definition) is 5. The van der Waals surface area contributed by atoms with E-state index in [0.717, 1.165) is 5.56 Å². The molecule has 0 fully saturated rings. The van der Waals surface area contributed by atoms with Gasteiger partial charge in [0.2, 0.25) is 5.91 Å². The lowest BCUT2D eigenvalue weighted by Crippen LogP contribution is -2.20. The molecule has 138 valence electrons. The Morgan fingerprint density at radius 3 is 2.59 bits per heavy atom. The molecule has 0 saturated heterocycles. The van der Waals surface area contributed by atoms with Crippen LogP contribution in [0.5, 0.6) is 5.75 Å². The van der Waals surface area contributed by atoms with Crippen LogP contribution >= 0.6 is 0 Å². The van der Waals surface area contributed by atoms with Crippen molar-refractivity contribution in [1.29, 1.82) is 0 Å². The highest BCUT2D eigenvalue weighted by Crippen LogP contribution is 2.30. The molecule has 1 aromatic heterocycles. The van der Waals surface area contributed by atoms with Crippen LogP contribution in [0, 0.1) is 13.8 Å². The van der Waals surface area contributed by atoms with Gasteiger partial charge in [-0.15, -0.1) is 0 Å². The van der Waals surface area contributed by atoms with Crippen molar-refractivity contribution in [2.75, 3.05) is 5.32 Å². The zero-order chi connectivity index (χ0) is 19.7. The van der Waals surface area contributed by atoms with E-state index in [-0.39, 0.29) is 29.1 Å². The van der Waals surface area contributed by atoms with E-state index in [4.69, 9.17) is 4.42 Å². The number of amides is 1. The minimum Gasteiger partial charge on any atom is -0.507 e. The summed E-state index contributed by atoms with van der Waals surface area (Å²) < 4.78 is 5.30. The molecule has 0 saturated carbocycles. The second kappa shape index (κ2) is 7.07. The van der Waals surface area contributed by atoms with E-state index in [9.17, 15) is 19.5 Å². The van der Waals surface area contributed by atoms with E-state index in [1.54, 1.807) is 50.2 Å². The third-order valence-corrected chi connectivity index (χ3v) is 4.39. The summed E-state index contributed by atoms with van der Waals surface area (Å²) in [6.07, 6.45) is -0.207. The first-order valence-electron chi connectivity index (χ1n) is 8.43. The number of ketones is 1. The molecule has 3 aromatic rings.